The molecule has 1 aliphatic carbocycles. The summed E-state index contributed by atoms with van der Waals surface area (Å²) in [4.78, 5) is 10.6. The molecule has 6 nitrogen and oxygen atoms in total. The summed E-state index contributed by atoms with van der Waals surface area (Å²) in [6, 6.07) is 8.74. The average Bonchev–Trinajstić information content (AvgIpc) is 2.81. The van der Waals surface area contributed by atoms with Gasteiger partial charge in [0.15, 0.2) is 0 Å². The molecule has 0 bridgehead atoms. The number of alkyl halides is 3. The molecule has 0 spiro atoms. The molecule has 4 rings (SSSR count). The predicted molar refractivity (Wildman–Crippen MR) is 134 cm³/mol. The Kier molecular flexibility index (Phi) is 7.60. The Balaban J connectivity index is 1.75. The molecule has 1 aliphatic heterocycles. The fourth-order valence-electron chi connectivity index (χ4n) is 5.23. The van der Waals surface area contributed by atoms with Crippen LogP contribution in [0.25, 0.3) is 6.08 Å². The van der Waals surface area contributed by atoms with Crippen LogP contribution in [-0.2, 0) is 21.0 Å². The smallest absolute Gasteiger partial charge is 0.416 e. The van der Waals surface area contributed by atoms with Gasteiger partial charge in [-0.1, -0.05) is 37.6 Å². The first-order valence-electron chi connectivity index (χ1n) is 12.2. The maximum atomic E-state index is 13.7. The van der Waals surface area contributed by atoms with E-state index in [1.807, 2.05) is 12.1 Å². The molecule has 2 aliphatic rings. The summed E-state index contributed by atoms with van der Waals surface area (Å²) >= 11 is 0. The van der Waals surface area contributed by atoms with Crippen LogP contribution in [0.15, 0.2) is 52.9 Å². The van der Waals surface area contributed by atoms with E-state index >= 15 is 0 Å². The molecule has 2 aromatic rings. The Morgan fingerprint density at radius 2 is 1.84 bits per heavy atom. The van der Waals surface area contributed by atoms with E-state index in [2.05, 4.69) is 13.8 Å². The fourth-order valence-corrected chi connectivity index (χ4v) is 6.77. The minimum Gasteiger partial charge on any atom is -0.486 e. The molecule has 200 valence electrons. The number of carboxylic acid groups (broad SMARTS) is 1. The van der Waals surface area contributed by atoms with E-state index in [1.165, 1.54) is 5.57 Å². The second kappa shape index (κ2) is 10.4. The topological polar surface area (TPSA) is 83.9 Å². The minimum absolute atomic E-state index is 0.0466. The third kappa shape index (κ3) is 6.29. The number of carboxylic acids is 1. The van der Waals surface area contributed by atoms with Crippen LogP contribution in [0.2, 0.25) is 0 Å². The highest BCUT2D eigenvalue weighted by atomic mass is 32.2. The van der Waals surface area contributed by atoms with Crippen LogP contribution >= 0.6 is 0 Å². The van der Waals surface area contributed by atoms with Crippen molar-refractivity contribution in [2.45, 2.75) is 63.1 Å². The standard InChI is InChI=1S/C27H30F3NO5S/c1-17-10-18(2)12-20(11-17)13-19-6-8-25-24(14-19)31(16-22(36-25)7-9-26(32)33)37(34,35)23-5-3-4-21(15-23)27(28,29)30/h3-6,8,13-15,17-18,22H,7,9-12,16H2,1-2H3,(H,32,33). The lowest BCUT2D eigenvalue weighted by Crippen LogP contribution is -2.43. The Hall–Kier alpha value is -3.01. The summed E-state index contributed by atoms with van der Waals surface area (Å²) in [5.74, 6) is 0.275. The second-order valence-corrected chi connectivity index (χ2v) is 12.0. The third-order valence-corrected chi connectivity index (χ3v) is 8.52. The first kappa shape index (κ1) is 27.0. The number of anilines is 1. The molecule has 0 aromatic heterocycles. The molecule has 1 saturated carbocycles. The van der Waals surface area contributed by atoms with Crippen molar-refractivity contribution in [3.63, 3.8) is 0 Å². The zero-order valence-corrected chi connectivity index (χ0v) is 21.5. The lowest BCUT2D eigenvalue weighted by Gasteiger charge is -2.35. The van der Waals surface area contributed by atoms with E-state index in [0.717, 1.165) is 47.3 Å². The number of halogens is 3. The zero-order valence-electron chi connectivity index (χ0n) is 20.7. The normalized spacial score (nSPS) is 22.2. The Morgan fingerprint density at radius 1 is 1.14 bits per heavy atom. The SMILES string of the molecule is CC1CC(=Cc2ccc3c(c2)N(S(=O)(=O)c2cccc(C(F)(F)F)c2)CC(CCC(=O)O)O3)CC(C)C1. The molecule has 1 fully saturated rings. The van der Waals surface area contributed by atoms with Gasteiger partial charge in [0.1, 0.15) is 11.9 Å². The van der Waals surface area contributed by atoms with Crippen molar-refractivity contribution >= 4 is 27.8 Å². The van der Waals surface area contributed by atoms with E-state index in [-0.39, 0.29) is 30.8 Å². The number of allylic oxidation sites excluding steroid dienone is 1. The van der Waals surface area contributed by atoms with E-state index in [1.54, 1.807) is 12.1 Å². The van der Waals surface area contributed by atoms with E-state index < -0.39 is 38.7 Å². The largest absolute Gasteiger partial charge is 0.486 e. The van der Waals surface area contributed by atoms with Crippen molar-refractivity contribution in [1.29, 1.82) is 0 Å². The monoisotopic (exact) mass is 537 g/mol. The van der Waals surface area contributed by atoms with Crippen molar-refractivity contribution < 1.29 is 36.2 Å². The lowest BCUT2D eigenvalue weighted by molar-refractivity contribution is -0.138. The van der Waals surface area contributed by atoms with Gasteiger partial charge in [-0.2, -0.15) is 13.2 Å². The molecule has 1 heterocycles. The van der Waals surface area contributed by atoms with Crippen molar-refractivity contribution in [2.75, 3.05) is 10.8 Å². The van der Waals surface area contributed by atoms with Gasteiger partial charge in [0.05, 0.1) is 22.7 Å². The number of hydrogen-bond acceptors (Lipinski definition) is 4. The third-order valence-electron chi connectivity index (χ3n) is 6.74. The minimum atomic E-state index is -4.70. The van der Waals surface area contributed by atoms with Crippen molar-refractivity contribution in [3.05, 3.63) is 59.2 Å². The van der Waals surface area contributed by atoms with Gasteiger partial charge >= 0.3 is 12.1 Å². The van der Waals surface area contributed by atoms with E-state index in [0.29, 0.717) is 17.9 Å². The number of carbonyl (C=O) groups is 1. The number of rotatable bonds is 6. The van der Waals surface area contributed by atoms with Crippen molar-refractivity contribution in [1.82, 2.24) is 0 Å². The zero-order chi connectivity index (χ0) is 27.0. The van der Waals surface area contributed by atoms with Gasteiger partial charge < -0.3 is 9.84 Å². The van der Waals surface area contributed by atoms with E-state index in [4.69, 9.17) is 9.84 Å². The molecular weight excluding hydrogens is 507 g/mol. The fraction of sp³-hybridized carbons (Fsp3) is 0.444. The van der Waals surface area contributed by atoms with Crippen LogP contribution in [0, 0.1) is 11.8 Å². The van der Waals surface area contributed by atoms with Gasteiger partial charge in [0, 0.05) is 6.42 Å². The van der Waals surface area contributed by atoms with Crippen LogP contribution in [-0.4, -0.2) is 32.1 Å². The van der Waals surface area contributed by atoms with E-state index in [9.17, 15) is 26.4 Å². The molecule has 10 heteroatoms. The average molecular weight is 538 g/mol. The van der Waals surface area contributed by atoms with Gasteiger partial charge in [-0.05, 0) is 73.4 Å². The number of fused-ring (bicyclic) bond motifs is 1. The molecule has 2 aromatic carbocycles. The maximum Gasteiger partial charge on any atom is 0.416 e. The summed E-state index contributed by atoms with van der Waals surface area (Å²) < 4.78 is 74.3. The summed E-state index contributed by atoms with van der Waals surface area (Å²) in [6.45, 7) is 4.18. The molecular formula is C27H30F3NO5S. The summed E-state index contributed by atoms with van der Waals surface area (Å²) in [5, 5.41) is 9.08. The predicted octanol–water partition coefficient (Wildman–Crippen LogP) is 6.37. The van der Waals surface area contributed by atoms with Gasteiger partial charge in [0.25, 0.3) is 10.0 Å². The van der Waals surface area contributed by atoms with Crippen LogP contribution in [0.4, 0.5) is 18.9 Å². The molecule has 0 saturated heterocycles. The van der Waals surface area contributed by atoms with Crippen molar-refractivity contribution in [3.8, 4) is 5.75 Å². The van der Waals surface area contributed by atoms with Crippen molar-refractivity contribution in [2.24, 2.45) is 11.8 Å². The summed E-state index contributed by atoms with van der Waals surface area (Å²) in [6.07, 6.45) is -0.583. The lowest BCUT2D eigenvalue weighted by atomic mass is 9.80. The Bertz CT molecular complexity index is 1290. The summed E-state index contributed by atoms with van der Waals surface area (Å²) in [5.41, 5.74) is 1.18. The highest BCUT2D eigenvalue weighted by Gasteiger charge is 2.37. The highest BCUT2D eigenvalue weighted by Crippen LogP contribution is 2.41. The second-order valence-electron chi connectivity index (χ2n) is 10.1. The number of sulfonamides is 1. The van der Waals surface area contributed by atoms with Gasteiger partial charge in [0.2, 0.25) is 0 Å². The molecule has 37 heavy (non-hydrogen) atoms. The van der Waals surface area contributed by atoms with Gasteiger partial charge in [-0.15, -0.1) is 0 Å². The number of nitrogens with zero attached hydrogens (tertiary/aromatic N) is 1. The van der Waals surface area contributed by atoms with Crippen LogP contribution in [0.5, 0.6) is 5.75 Å². The molecule has 3 unspecified atom stereocenters. The number of hydrogen-bond donors (Lipinski definition) is 1. The van der Waals surface area contributed by atoms with Gasteiger partial charge in [-0.25, -0.2) is 8.42 Å². The Labute approximate surface area is 214 Å². The quantitative estimate of drug-likeness (QED) is 0.463. The number of ether oxygens (including phenoxy) is 1. The molecule has 0 radical (unpaired) electrons. The Morgan fingerprint density at radius 3 is 2.49 bits per heavy atom. The number of aliphatic carboxylic acids is 1. The first-order valence-corrected chi connectivity index (χ1v) is 13.7. The molecule has 1 N–H and O–H groups in total. The highest BCUT2D eigenvalue weighted by molar-refractivity contribution is 7.92. The summed E-state index contributed by atoms with van der Waals surface area (Å²) in [7, 11) is -4.41. The van der Waals surface area contributed by atoms with Gasteiger partial charge in [-0.3, -0.25) is 9.10 Å². The molecule has 3 atom stereocenters. The number of benzene rings is 2. The van der Waals surface area contributed by atoms with Crippen LogP contribution in [0.3, 0.4) is 0 Å². The first-order chi connectivity index (χ1) is 17.3. The molecule has 0 amide bonds. The van der Waals surface area contributed by atoms with Crippen LogP contribution < -0.4 is 9.04 Å². The maximum absolute atomic E-state index is 13.7. The van der Waals surface area contributed by atoms with Crippen LogP contribution in [0.1, 0.15) is 57.1 Å².